The summed E-state index contributed by atoms with van der Waals surface area (Å²) in [6.45, 7) is 7.84. The first-order valence-corrected chi connectivity index (χ1v) is 10.1. The first-order chi connectivity index (χ1) is 10.1. The molecule has 4 aliphatic rings. The third-order valence-corrected chi connectivity index (χ3v) is 9.27. The van der Waals surface area contributed by atoms with Crippen molar-refractivity contribution in [1.82, 2.24) is 0 Å². The van der Waals surface area contributed by atoms with Crippen LogP contribution < -0.4 is 0 Å². The van der Waals surface area contributed by atoms with E-state index in [9.17, 15) is 0 Å². The van der Waals surface area contributed by atoms with Gasteiger partial charge >= 0.3 is 0 Å². The van der Waals surface area contributed by atoms with Gasteiger partial charge in [-0.3, -0.25) is 0 Å². The predicted octanol–water partition coefficient (Wildman–Crippen LogP) is 7.02. The zero-order valence-electron chi connectivity index (χ0n) is 15.1. The largest absolute Gasteiger partial charge is 0.114 e. The minimum Gasteiger partial charge on any atom is -0.114 e. The zero-order chi connectivity index (χ0) is 14.7. The van der Waals surface area contributed by atoms with E-state index in [1.165, 1.54) is 19.3 Å². The number of halogens is 1. The van der Waals surface area contributed by atoms with Gasteiger partial charge in [-0.05, 0) is 91.8 Å². The van der Waals surface area contributed by atoms with Crippen LogP contribution in [0.2, 0.25) is 0 Å². The van der Waals surface area contributed by atoms with Crippen LogP contribution in [-0.4, -0.2) is 0 Å². The Morgan fingerprint density at radius 3 is 2.32 bits per heavy atom. The van der Waals surface area contributed by atoms with Crippen molar-refractivity contribution in [2.45, 2.75) is 91.4 Å². The summed E-state index contributed by atoms with van der Waals surface area (Å²) in [6, 6.07) is 0. The Hall–Kier alpha value is 0.480. The minimum absolute atomic E-state index is 0. The van der Waals surface area contributed by atoms with Crippen molar-refractivity contribution in [3.8, 4) is 0 Å². The molecule has 0 radical (unpaired) electrons. The highest BCUT2D eigenvalue weighted by molar-refractivity contribution is 8.93. The molecule has 0 aromatic rings. The van der Waals surface area contributed by atoms with Crippen LogP contribution in [0.25, 0.3) is 0 Å². The monoisotopic (exact) mass is 368 g/mol. The van der Waals surface area contributed by atoms with Gasteiger partial charge in [0, 0.05) is 0 Å². The number of rotatable bonds is 1. The van der Waals surface area contributed by atoms with Gasteiger partial charge < -0.3 is 0 Å². The van der Waals surface area contributed by atoms with E-state index >= 15 is 0 Å². The van der Waals surface area contributed by atoms with E-state index in [0.717, 1.165) is 35.0 Å². The first-order valence-electron chi connectivity index (χ1n) is 10.1. The lowest BCUT2D eigenvalue weighted by Gasteiger charge is -2.60. The Labute approximate surface area is 149 Å². The highest BCUT2D eigenvalue weighted by Crippen LogP contribution is 2.67. The van der Waals surface area contributed by atoms with Gasteiger partial charge in [-0.25, -0.2) is 0 Å². The summed E-state index contributed by atoms with van der Waals surface area (Å²) in [5.41, 5.74) is 1.45. The third-order valence-electron chi connectivity index (χ3n) is 9.27. The van der Waals surface area contributed by atoms with E-state index in [1.54, 1.807) is 51.4 Å². The van der Waals surface area contributed by atoms with Crippen molar-refractivity contribution in [2.75, 3.05) is 0 Å². The number of fused-ring (bicyclic) bond motifs is 5. The zero-order valence-corrected chi connectivity index (χ0v) is 16.8. The lowest BCUT2D eigenvalue weighted by Crippen LogP contribution is -2.52. The molecule has 22 heavy (non-hydrogen) atoms. The van der Waals surface area contributed by atoms with Crippen LogP contribution in [0, 0.1) is 40.4 Å². The smallest absolute Gasteiger partial charge is 0.0266 e. The van der Waals surface area contributed by atoms with Gasteiger partial charge in [0.15, 0.2) is 0 Å². The Morgan fingerprint density at radius 2 is 1.55 bits per heavy atom. The number of hydrogen-bond donors (Lipinski definition) is 0. The molecule has 0 spiro atoms. The van der Waals surface area contributed by atoms with Gasteiger partial charge in [0.1, 0.15) is 0 Å². The van der Waals surface area contributed by atoms with Crippen LogP contribution in [0.15, 0.2) is 0 Å². The van der Waals surface area contributed by atoms with Crippen molar-refractivity contribution in [2.24, 2.45) is 40.4 Å². The molecule has 4 saturated carbocycles. The standard InChI is InChI=1S/C21H36.BrH/c1-4-15-9-11-18-17-10-8-16-7-5-6-13-20(16,2)19(17)12-14-21(15,18)3;/h15-19H,4-14H2,1-3H3;1H/t15-,16?,17-,18-,19-,20-,21+;/m0./s1. The molecule has 0 saturated heterocycles. The van der Waals surface area contributed by atoms with Crippen LogP contribution >= 0.6 is 17.0 Å². The van der Waals surface area contributed by atoms with Gasteiger partial charge in [0.2, 0.25) is 0 Å². The van der Waals surface area contributed by atoms with Crippen molar-refractivity contribution in [3.63, 3.8) is 0 Å². The topological polar surface area (TPSA) is 0 Å². The van der Waals surface area contributed by atoms with E-state index in [2.05, 4.69) is 20.8 Å². The molecule has 0 bridgehead atoms. The van der Waals surface area contributed by atoms with E-state index in [0.29, 0.717) is 5.41 Å². The molecule has 4 fully saturated rings. The van der Waals surface area contributed by atoms with Gasteiger partial charge in [-0.2, -0.15) is 0 Å². The lowest BCUT2D eigenvalue weighted by molar-refractivity contribution is -0.110. The van der Waals surface area contributed by atoms with Crippen molar-refractivity contribution >= 4 is 17.0 Å². The summed E-state index contributed by atoms with van der Waals surface area (Å²) in [4.78, 5) is 0. The van der Waals surface area contributed by atoms with Crippen LogP contribution in [-0.2, 0) is 0 Å². The molecular weight excluding hydrogens is 332 g/mol. The Morgan fingerprint density at radius 1 is 0.773 bits per heavy atom. The Kier molecular flexibility index (Phi) is 4.79. The maximum atomic E-state index is 2.71. The summed E-state index contributed by atoms with van der Waals surface area (Å²) in [6.07, 6.45) is 17.0. The summed E-state index contributed by atoms with van der Waals surface area (Å²) in [5, 5.41) is 0. The van der Waals surface area contributed by atoms with E-state index in [1.807, 2.05) is 0 Å². The fourth-order valence-electron chi connectivity index (χ4n) is 8.07. The normalized spacial score (nSPS) is 53.9. The first kappa shape index (κ1) is 17.3. The second-order valence-electron chi connectivity index (χ2n) is 9.63. The maximum Gasteiger partial charge on any atom is -0.0266 e. The van der Waals surface area contributed by atoms with Gasteiger partial charge in [-0.15, -0.1) is 17.0 Å². The molecule has 4 aliphatic carbocycles. The molecule has 0 aliphatic heterocycles. The summed E-state index contributed by atoms with van der Waals surface area (Å²) in [5.74, 6) is 5.39. The van der Waals surface area contributed by atoms with Gasteiger partial charge in [0.25, 0.3) is 0 Å². The van der Waals surface area contributed by atoms with Crippen LogP contribution in [0.5, 0.6) is 0 Å². The van der Waals surface area contributed by atoms with Gasteiger partial charge in [0.05, 0.1) is 0 Å². The lowest BCUT2D eigenvalue weighted by atomic mass is 9.45. The number of hydrogen-bond acceptors (Lipinski definition) is 0. The molecule has 1 heteroatoms. The van der Waals surface area contributed by atoms with Crippen molar-refractivity contribution < 1.29 is 0 Å². The predicted molar refractivity (Wildman–Crippen MR) is 100 cm³/mol. The van der Waals surface area contributed by atoms with Crippen LogP contribution in [0.3, 0.4) is 0 Å². The molecule has 0 amide bonds. The maximum absolute atomic E-state index is 2.71. The molecule has 128 valence electrons. The summed E-state index contributed by atoms with van der Waals surface area (Å²) >= 11 is 0. The second kappa shape index (κ2) is 6.08. The Balaban J connectivity index is 0.00000144. The molecule has 4 rings (SSSR count). The SMILES string of the molecule is Br.CC[C@H]1CC[C@H]2[C@@H]3CCC4CCCC[C@]4(C)[C@H]3CC[C@]12C. The second-order valence-corrected chi connectivity index (χ2v) is 9.63. The summed E-state index contributed by atoms with van der Waals surface area (Å²) < 4.78 is 0. The van der Waals surface area contributed by atoms with Gasteiger partial charge in [-0.1, -0.05) is 40.0 Å². The molecular formula is C21H37Br. The van der Waals surface area contributed by atoms with Crippen LogP contribution in [0.4, 0.5) is 0 Å². The fourth-order valence-corrected chi connectivity index (χ4v) is 8.07. The molecule has 0 aromatic heterocycles. The quantitative estimate of drug-likeness (QED) is 0.466. The Bertz CT molecular complexity index is 405. The minimum atomic E-state index is 0. The van der Waals surface area contributed by atoms with E-state index < -0.39 is 0 Å². The highest BCUT2D eigenvalue weighted by Gasteiger charge is 2.59. The highest BCUT2D eigenvalue weighted by atomic mass is 79.9. The molecule has 0 heterocycles. The molecule has 0 aromatic carbocycles. The molecule has 0 nitrogen and oxygen atoms in total. The average Bonchev–Trinajstić information content (AvgIpc) is 2.83. The summed E-state index contributed by atoms with van der Waals surface area (Å²) in [7, 11) is 0. The molecule has 1 unspecified atom stereocenters. The van der Waals surface area contributed by atoms with E-state index in [-0.39, 0.29) is 17.0 Å². The van der Waals surface area contributed by atoms with Crippen molar-refractivity contribution in [1.29, 1.82) is 0 Å². The fraction of sp³-hybridized carbons (Fsp3) is 1.00. The molecule has 7 atom stereocenters. The molecule has 0 N–H and O–H groups in total. The van der Waals surface area contributed by atoms with Crippen molar-refractivity contribution in [3.05, 3.63) is 0 Å². The average molecular weight is 369 g/mol. The third kappa shape index (κ3) is 2.27. The van der Waals surface area contributed by atoms with Crippen LogP contribution in [0.1, 0.15) is 91.4 Å². The van der Waals surface area contributed by atoms with E-state index in [4.69, 9.17) is 0 Å².